The molecule has 3 rings (SSSR count). The van der Waals surface area contributed by atoms with Crippen molar-refractivity contribution in [2.75, 3.05) is 0 Å². The number of aromatic nitrogens is 3. The Balaban J connectivity index is 1.74. The maximum atomic E-state index is 4.24. The molecule has 0 bridgehead atoms. The lowest BCUT2D eigenvalue weighted by atomic mass is 9.93. The summed E-state index contributed by atoms with van der Waals surface area (Å²) in [6.07, 6.45) is 9.28. The third kappa shape index (κ3) is 1.19. The normalized spacial score (nSPS) is 31.1. The molecule has 0 N–H and O–H groups in total. The third-order valence-corrected chi connectivity index (χ3v) is 3.50. The highest BCUT2D eigenvalue weighted by atomic mass is 15.4. The summed E-state index contributed by atoms with van der Waals surface area (Å²) in [6.45, 7) is 3.81. The Bertz CT molecular complexity index is 351. The quantitative estimate of drug-likeness (QED) is 0.683. The van der Waals surface area contributed by atoms with Crippen LogP contribution in [0.2, 0.25) is 0 Å². The Labute approximate surface area is 83.8 Å². The van der Waals surface area contributed by atoms with Gasteiger partial charge in [0, 0.05) is 12.1 Å². The van der Waals surface area contributed by atoms with Gasteiger partial charge in [-0.3, -0.25) is 0 Å². The standard InChI is InChI=1S/C11H15N3/c1-2-8-6-10(8)11-7-14(13-12-11)9-4-3-5-9/h2,7-10H,1,3-6H2/t8-,10-/m1/s1. The van der Waals surface area contributed by atoms with Crippen molar-refractivity contribution in [3.05, 3.63) is 24.5 Å². The van der Waals surface area contributed by atoms with Crippen molar-refractivity contribution in [3.63, 3.8) is 0 Å². The van der Waals surface area contributed by atoms with Crippen LogP contribution in [0.5, 0.6) is 0 Å². The third-order valence-electron chi connectivity index (χ3n) is 3.50. The molecule has 2 aliphatic rings. The molecule has 0 saturated heterocycles. The van der Waals surface area contributed by atoms with Crippen LogP contribution in [-0.2, 0) is 0 Å². The van der Waals surface area contributed by atoms with E-state index < -0.39 is 0 Å². The summed E-state index contributed by atoms with van der Waals surface area (Å²) in [5, 5.41) is 8.45. The van der Waals surface area contributed by atoms with E-state index in [4.69, 9.17) is 0 Å². The lowest BCUT2D eigenvalue weighted by Gasteiger charge is -2.24. The van der Waals surface area contributed by atoms with E-state index in [0.29, 0.717) is 17.9 Å². The largest absolute Gasteiger partial charge is 0.249 e. The molecule has 3 heteroatoms. The summed E-state index contributed by atoms with van der Waals surface area (Å²) in [5.41, 5.74) is 1.17. The van der Waals surface area contributed by atoms with Crippen LogP contribution in [0.4, 0.5) is 0 Å². The molecule has 3 nitrogen and oxygen atoms in total. The fourth-order valence-electron chi connectivity index (χ4n) is 2.11. The highest BCUT2D eigenvalue weighted by molar-refractivity contribution is 5.18. The zero-order chi connectivity index (χ0) is 9.54. The van der Waals surface area contributed by atoms with Crippen LogP contribution in [0.1, 0.15) is 43.3 Å². The molecule has 0 amide bonds. The fourth-order valence-corrected chi connectivity index (χ4v) is 2.11. The minimum atomic E-state index is 0.612. The Hall–Kier alpha value is -1.12. The summed E-state index contributed by atoms with van der Waals surface area (Å²) >= 11 is 0. The molecule has 0 radical (unpaired) electrons. The number of hydrogen-bond donors (Lipinski definition) is 0. The lowest BCUT2D eigenvalue weighted by Crippen LogP contribution is -2.17. The molecule has 0 aliphatic heterocycles. The van der Waals surface area contributed by atoms with Gasteiger partial charge in [-0.1, -0.05) is 11.3 Å². The molecule has 2 saturated carbocycles. The van der Waals surface area contributed by atoms with Crippen molar-refractivity contribution in [1.82, 2.24) is 15.0 Å². The van der Waals surface area contributed by atoms with Gasteiger partial charge in [0.1, 0.15) is 0 Å². The van der Waals surface area contributed by atoms with E-state index in [9.17, 15) is 0 Å². The molecule has 74 valence electrons. The monoisotopic (exact) mass is 189 g/mol. The average Bonchev–Trinajstić information content (AvgIpc) is 2.76. The minimum absolute atomic E-state index is 0.612. The second-order valence-electron chi connectivity index (χ2n) is 4.45. The molecule has 1 aromatic rings. The Morgan fingerprint density at radius 2 is 2.36 bits per heavy atom. The summed E-state index contributed by atoms with van der Waals surface area (Å²) in [4.78, 5) is 0. The van der Waals surface area contributed by atoms with Crippen molar-refractivity contribution in [3.8, 4) is 0 Å². The molecular weight excluding hydrogens is 174 g/mol. The van der Waals surface area contributed by atoms with Gasteiger partial charge in [0.05, 0.1) is 11.7 Å². The van der Waals surface area contributed by atoms with Crippen molar-refractivity contribution in [2.24, 2.45) is 5.92 Å². The summed E-state index contributed by atoms with van der Waals surface area (Å²) in [5.74, 6) is 1.27. The number of nitrogens with zero attached hydrogens (tertiary/aromatic N) is 3. The summed E-state index contributed by atoms with van der Waals surface area (Å²) < 4.78 is 2.05. The maximum absolute atomic E-state index is 4.24. The first kappa shape index (κ1) is 8.21. The van der Waals surface area contributed by atoms with E-state index in [-0.39, 0.29) is 0 Å². The molecule has 1 aromatic heterocycles. The van der Waals surface area contributed by atoms with E-state index in [1.54, 1.807) is 0 Å². The SMILES string of the molecule is C=C[C@@H]1C[C@H]1c1cn(C2CCC2)nn1. The fraction of sp³-hybridized carbons (Fsp3) is 0.636. The first-order chi connectivity index (χ1) is 6.88. The molecule has 14 heavy (non-hydrogen) atoms. The van der Waals surface area contributed by atoms with Crippen molar-refractivity contribution in [1.29, 1.82) is 0 Å². The smallest absolute Gasteiger partial charge is 0.0864 e. The predicted molar refractivity (Wildman–Crippen MR) is 54.0 cm³/mol. The average molecular weight is 189 g/mol. The van der Waals surface area contributed by atoms with Gasteiger partial charge in [-0.2, -0.15) is 0 Å². The lowest BCUT2D eigenvalue weighted by molar-refractivity contribution is 0.284. The van der Waals surface area contributed by atoms with Crippen LogP contribution in [0.3, 0.4) is 0 Å². The van der Waals surface area contributed by atoms with Crippen LogP contribution in [0.25, 0.3) is 0 Å². The number of allylic oxidation sites excluding steroid dienone is 1. The van der Waals surface area contributed by atoms with E-state index in [1.807, 2.05) is 6.08 Å². The van der Waals surface area contributed by atoms with Crippen LogP contribution in [-0.4, -0.2) is 15.0 Å². The number of rotatable bonds is 3. The van der Waals surface area contributed by atoms with Crippen LogP contribution < -0.4 is 0 Å². The van der Waals surface area contributed by atoms with Crippen LogP contribution >= 0.6 is 0 Å². The second-order valence-corrected chi connectivity index (χ2v) is 4.45. The Kier molecular flexibility index (Phi) is 1.72. The Morgan fingerprint density at radius 1 is 1.50 bits per heavy atom. The molecule has 2 aliphatic carbocycles. The van der Waals surface area contributed by atoms with Crippen molar-refractivity contribution >= 4 is 0 Å². The molecule has 2 atom stereocenters. The summed E-state index contributed by atoms with van der Waals surface area (Å²) in [6, 6.07) is 0.636. The van der Waals surface area contributed by atoms with Gasteiger partial charge in [0.2, 0.25) is 0 Å². The molecule has 2 fully saturated rings. The molecular formula is C11H15N3. The van der Waals surface area contributed by atoms with Gasteiger partial charge < -0.3 is 0 Å². The predicted octanol–water partition coefficient (Wildman–Crippen LogP) is 2.29. The van der Waals surface area contributed by atoms with Gasteiger partial charge in [-0.05, 0) is 31.6 Å². The van der Waals surface area contributed by atoms with Crippen molar-refractivity contribution < 1.29 is 0 Å². The van der Waals surface area contributed by atoms with Gasteiger partial charge in [-0.15, -0.1) is 11.7 Å². The topological polar surface area (TPSA) is 30.7 Å². The first-order valence-corrected chi connectivity index (χ1v) is 5.43. The van der Waals surface area contributed by atoms with Crippen LogP contribution in [0.15, 0.2) is 18.9 Å². The molecule has 0 unspecified atom stereocenters. The summed E-state index contributed by atoms with van der Waals surface area (Å²) in [7, 11) is 0. The van der Waals surface area contributed by atoms with Gasteiger partial charge in [-0.25, -0.2) is 4.68 Å². The number of hydrogen-bond acceptors (Lipinski definition) is 2. The van der Waals surface area contributed by atoms with Gasteiger partial charge >= 0.3 is 0 Å². The first-order valence-electron chi connectivity index (χ1n) is 5.43. The second kappa shape index (κ2) is 2.94. The van der Waals surface area contributed by atoms with E-state index in [1.165, 1.54) is 31.4 Å². The highest BCUT2D eigenvalue weighted by Gasteiger charge is 2.38. The van der Waals surface area contributed by atoms with Gasteiger partial charge in [0.25, 0.3) is 0 Å². The zero-order valence-electron chi connectivity index (χ0n) is 8.26. The van der Waals surface area contributed by atoms with Gasteiger partial charge in [0.15, 0.2) is 0 Å². The zero-order valence-corrected chi connectivity index (χ0v) is 8.26. The van der Waals surface area contributed by atoms with E-state index >= 15 is 0 Å². The molecule has 0 aromatic carbocycles. The van der Waals surface area contributed by atoms with Crippen molar-refractivity contribution in [2.45, 2.75) is 37.6 Å². The van der Waals surface area contributed by atoms with E-state index in [2.05, 4.69) is 27.8 Å². The molecule has 1 heterocycles. The van der Waals surface area contributed by atoms with Crippen LogP contribution in [0, 0.1) is 5.92 Å². The minimum Gasteiger partial charge on any atom is -0.249 e. The maximum Gasteiger partial charge on any atom is 0.0864 e. The molecule has 0 spiro atoms. The highest BCUT2D eigenvalue weighted by Crippen LogP contribution is 2.47. The Morgan fingerprint density at radius 3 is 2.93 bits per heavy atom. The van der Waals surface area contributed by atoms with E-state index in [0.717, 1.165) is 0 Å².